The molecule has 1 heterocycles. The third-order valence-electron chi connectivity index (χ3n) is 27.8. The van der Waals surface area contributed by atoms with Gasteiger partial charge in [0, 0.05) is 11.6 Å². The highest BCUT2D eigenvalue weighted by atomic mass is 16.6. The molecule has 0 aromatic heterocycles. The smallest absolute Gasteiger partial charge is 0.187 e. The number of hydrogen-bond donors (Lipinski definition) is 2. The second-order valence-electron chi connectivity index (χ2n) is 39.9. The van der Waals surface area contributed by atoms with Gasteiger partial charge in [-0.05, 0) is 242 Å². The Hall–Kier alpha value is -5.77. The Bertz CT molecular complexity index is 3630. The number of aromatic hydroxyl groups is 1. The van der Waals surface area contributed by atoms with Crippen LogP contribution in [-0.2, 0) is 25.4 Å². The Morgan fingerprint density at radius 2 is 0.975 bits per heavy atom. The highest BCUT2D eigenvalue weighted by Gasteiger charge is 2.49. The summed E-state index contributed by atoms with van der Waals surface area (Å²) in [5.41, 5.74) is 13.6. The fraction of sp³-hybridized carbons (Fsp3) is 0.673. The van der Waals surface area contributed by atoms with Gasteiger partial charge in [-0.1, -0.05) is 378 Å². The molecule has 4 rings (SSSR count). The van der Waals surface area contributed by atoms with E-state index in [1.165, 1.54) is 192 Å². The van der Waals surface area contributed by atoms with Crippen molar-refractivity contribution in [3.05, 3.63) is 196 Å². The standard InChI is InChI=1S/C113H182O8/c1-26-27-28-29-46-49-64-102(119-105-83-111(20,21)101(97(17)108(105)114)73-67-89(9)61-54-59-87(7)57-52-51-56-86(6)58-53-60-88(8)66-72-100-96(16)62-55-78-110(100,18)19)103(65-50-47-44-42-40-38-36-34-32-30-31-33-35-37-39-41-43-45-48-63-98-81-99(117-24)82-104(118-25)109(98)115)121-113(23,80-77-95(15)93(13)71-69-91(11)85(4)5)107-75-74-106(120-107)112(22,116)79-76-94(14)92(12)70-68-90(10)84(2)3/h51-54,56-61,66-67,72-73,81-82,90-91,94-95,102-103,105-107,115-116H,2,4,12-13,26-50,55,62-65,68-71,74-80,83H2,1,3,5-11,14-25H3/b52-51+,58-53+,59-54+,72-66+,73-67+,86-56+,87-57+,88-60+,89-61+/t90-,91+,94-,95+,102-,103-,105-,106+,107+,112+,113-/m1/s1. The molecule has 2 N–H and O–H groups in total. The number of ketones is 1. The number of carbonyl (C=O) groups is 1. The minimum atomic E-state index is -1.03. The Morgan fingerprint density at radius 1 is 0.537 bits per heavy atom. The van der Waals surface area contributed by atoms with Gasteiger partial charge in [0.05, 0.1) is 49.8 Å². The average Bonchev–Trinajstić information content (AvgIpc) is 1.58. The molecule has 0 amide bonds. The van der Waals surface area contributed by atoms with E-state index in [4.69, 9.17) is 30.3 Å². The first-order valence-electron chi connectivity index (χ1n) is 48.8. The Kier molecular flexibility index (Phi) is 51.3. The van der Waals surface area contributed by atoms with Crippen LogP contribution in [0.25, 0.3) is 0 Å². The van der Waals surface area contributed by atoms with Crippen molar-refractivity contribution in [2.24, 2.45) is 34.5 Å². The van der Waals surface area contributed by atoms with E-state index in [0.29, 0.717) is 30.4 Å². The second kappa shape index (κ2) is 57.8. The first-order chi connectivity index (χ1) is 57.5. The van der Waals surface area contributed by atoms with Crippen LogP contribution < -0.4 is 9.47 Å². The van der Waals surface area contributed by atoms with Gasteiger partial charge >= 0.3 is 0 Å². The number of hydrogen-bond acceptors (Lipinski definition) is 8. The van der Waals surface area contributed by atoms with Crippen LogP contribution in [0.2, 0.25) is 0 Å². The lowest BCUT2D eigenvalue weighted by Crippen LogP contribution is -2.51. The van der Waals surface area contributed by atoms with E-state index in [9.17, 15) is 10.2 Å². The van der Waals surface area contributed by atoms with Gasteiger partial charge in [0.15, 0.2) is 17.3 Å². The summed E-state index contributed by atoms with van der Waals surface area (Å²) in [6, 6.07) is 3.67. The molecule has 682 valence electrons. The molecule has 1 fully saturated rings. The molecule has 1 aromatic carbocycles. The van der Waals surface area contributed by atoms with Crippen molar-refractivity contribution in [1.29, 1.82) is 0 Å². The fourth-order valence-corrected chi connectivity index (χ4v) is 18.1. The van der Waals surface area contributed by atoms with E-state index < -0.39 is 17.3 Å². The van der Waals surface area contributed by atoms with Crippen LogP contribution in [0.4, 0.5) is 0 Å². The van der Waals surface area contributed by atoms with E-state index in [0.717, 1.165) is 143 Å². The molecule has 1 aromatic rings. The number of rotatable bonds is 64. The molecule has 0 radical (unpaired) electrons. The summed E-state index contributed by atoms with van der Waals surface area (Å²) in [4.78, 5) is 15.3. The van der Waals surface area contributed by atoms with Crippen LogP contribution in [-0.4, -0.2) is 71.9 Å². The number of allylic oxidation sites excluding steroid dienone is 25. The monoisotopic (exact) mass is 1670 g/mol. The van der Waals surface area contributed by atoms with Gasteiger partial charge in [0.1, 0.15) is 11.9 Å². The maximum absolute atomic E-state index is 15.3. The van der Waals surface area contributed by atoms with E-state index in [1.54, 1.807) is 20.3 Å². The predicted molar refractivity (Wildman–Crippen MR) is 524 cm³/mol. The van der Waals surface area contributed by atoms with Crippen LogP contribution in [0.5, 0.6) is 17.2 Å². The molecule has 2 aliphatic carbocycles. The summed E-state index contributed by atoms with van der Waals surface area (Å²) in [5, 5.41) is 23.2. The molecule has 121 heavy (non-hydrogen) atoms. The van der Waals surface area contributed by atoms with Crippen molar-refractivity contribution in [3.8, 4) is 17.2 Å². The molecule has 1 aliphatic heterocycles. The maximum Gasteiger partial charge on any atom is 0.187 e. The van der Waals surface area contributed by atoms with Crippen LogP contribution in [0.3, 0.4) is 0 Å². The van der Waals surface area contributed by atoms with Crippen molar-refractivity contribution in [1.82, 2.24) is 0 Å². The molecule has 11 atom stereocenters. The van der Waals surface area contributed by atoms with Crippen LogP contribution in [0.1, 0.15) is 400 Å². The van der Waals surface area contributed by atoms with E-state index in [-0.39, 0.29) is 58.6 Å². The zero-order valence-electron chi connectivity index (χ0n) is 81.8. The number of aliphatic hydroxyl groups is 1. The third kappa shape index (κ3) is 41.0. The minimum absolute atomic E-state index is 0.0846. The summed E-state index contributed by atoms with van der Waals surface area (Å²) in [6.45, 7) is 60.0. The van der Waals surface area contributed by atoms with Crippen LogP contribution >= 0.6 is 0 Å². The highest BCUT2D eigenvalue weighted by Crippen LogP contribution is 2.46. The summed E-state index contributed by atoms with van der Waals surface area (Å²) in [6.07, 6.45) is 75.1. The number of aryl methyl sites for hydroxylation is 1. The van der Waals surface area contributed by atoms with Crippen LogP contribution in [0.15, 0.2) is 190 Å². The Morgan fingerprint density at radius 3 is 1.45 bits per heavy atom. The maximum atomic E-state index is 15.3. The molecule has 0 spiro atoms. The fourth-order valence-electron chi connectivity index (χ4n) is 18.1. The number of Topliss-reactive ketones (excluding diaryl/α,β-unsaturated/α-hetero) is 1. The van der Waals surface area contributed by atoms with Gasteiger partial charge in [0.2, 0.25) is 0 Å². The zero-order chi connectivity index (χ0) is 89.6. The summed E-state index contributed by atoms with van der Waals surface area (Å²) < 4.78 is 33.8. The van der Waals surface area contributed by atoms with E-state index in [1.807, 2.05) is 19.9 Å². The topological polar surface area (TPSA) is 104 Å². The predicted octanol–water partition coefficient (Wildman–Crippen LogP) is 33.0. The SMILES string of the molecule is C=C(C)[C@H](C)CCC(=C)[C@H](C)CC[C@](C)(O)[C@@H]1CC[C@@H]([C@@](C)(CC[C@H](C)C(=C)CC[C@H](C)C(=C)C)O[C@H](CCCCCCCCCCCCCCCCCCCCCc2cc(OC)cc(OC)c2O)[C@@H](CCCCCCCC)O[C@@H]2CC(C)(C)C(/C=C/C(C)=C/C=C/C(C)=C/C=C/C=C(C)/C=C/C=C(C)/C=C/C3=C(C)CCCC3(C)C)=C(C)C2=O)O1. The van der Waals surface area contributed by atoms with Gasteiger partial charge in [-0.2, -0.15) is 0 Å². The number of benzene rings is 1. The quantitative estimate of drug-likeness (QED) is 0.0378. The molecule has 1 saturated heterocycles. The molecule has 0 bridgehead atoms. The van der Waals surface area contributed by atoms with Gasteiger partial charge in [-0.3, -0.25) is 4.79 Å². The van der Waals surface area contributed by atoms with E-state index in [2.05, 4.69) is 223 Å². The second-order valence-corrected chi connectivity index (χ2v) is 39.9. The molecule has 0 unspecified atom stereocenters. The Labute approximate surface area is 744 Å². The van der Waals surface area contributed by atoms with Crippen molar-refractivity contribution in [2.45, 2.75) is 443 Å². The molecular weight excluding hydrogens is 1490 g/mol. The molecule has 0 saturated carbocycles. The molecular formula is C113H182O8. The van der Waals surface area contributed by atoms with Crippen molar-refractivity contribution < 1.29 is 38.7 Å². The summed E-state index contributed by atoms with van der Waals surface area (Å²) in [7, 11) is 3.23. The molecule has 8 nitrogen and oxygen atoms in total. The van der Waals surface area contributed by atoms with Crippen molar-refractivity contribution in [3.63, 3.8) is 0 Å². The largest absolute Gasteiger partial charge is 0.504 e. The molecule has 8 heteroatoms. The summed E-state index contributed by atoms with van der Waals surface area (Å²) >= 11 is 0. The summed E-state index contributed by atoms with van der Waals surface area (Å²) in [5.74, 6) is 2.96. The number of ether oxygens (including phenoxy) is 5. The lowest BCUT2D eigenvalue weighted by atomic mass is 9.70. The number of unbranched alkanes of at least 4 members (excludes halogenated alkanes) is 23. The number of phenols is 1. The first-order valence-corrected chi connectivity index (χ1v) is 48.8. The third-order valence-corrected chi connectivity index (χ3v) is 27.8. The lowest BCUT2D eigenvalue weighted by molar-refractivity contribution is -0.214. The number of carbonyl (C=O) groups excluding carboxylic acids is 1. The average molecular weight is 1670 g/mol. The minimum Gasteiger partial charge on any atom is -0.504 e. The van der Waals surface area contributed by atoms with Crippen molar-refractivity contribution >= 4 is 5.78 Å². The van der Waals surface area contributed by atoms with Crippen molar-refractivity contribution in [2.75, 3.05) is 14.2 Å². The van der Waals surface area contributed by atoms with E-state index >= 15 is 4.79 Å². The van der Waals surface area contributed by atoms with Gasteiger partial charge < -0.3 is 33.9 Å². The zero-order valence-corrected chi connectivity index (χ0v) is 81.8. The lowest BCUT2D eigenvalue weighted by Gasteiger charge is -2.44. The van der Waals surface area contributed by atoms with Gasteiger partial charge in [-0.25, -0.2) is 0 Å². The Balaban J connectivity index is 1.53. The number of phenolic OH excluding ortho intramolecular Hbond substituents is 1. The first kappa shape index (κ1) is 108. The van der Waals surface area contributed by atoms with Crippen LogP contribution in [0, 0.1) is 34.5 Å². The normalized spacial score (nSPS) is 20.3. The highest BCUT2D eigenvalue weighted by molar-refractivity contribution is 6.00. The number of methoxy groups -OCH3 is 2. The van der Waals surface area contributed by atoms with Gasteiger partial charge in [0.25, 0.3) is 0 Å². The molecule has 3 aliphatic rings. The van der Waals surface area contributed by atoms with Gasteiger partial charge in [-0.15, -0.1) is 0 Å².